The lowest BCUT2D eigenvalue weighted by atomic mass is 9.83. The standard InChI is InChI=1S/C22H27NO3/c1-5-23-13-19(15-8-6-7-14(2)9-15)18-10-16-11-20(25-3)21(26-4)12-17(16)22(18)24/h6-9,11-12,18-19,23H,5,10,13H2,1-4H3. The summed E-state index contributed by atoms with van der Waals surface area (Å²) >= 11 is 0. The fourth-order valence-corrected chi connectivity index (χ4v) is 3.87. The molecule has 0 saturated heterocycles. The molecule has 0 saturated carbocycles. The molecule has 4 nitrogen and oxygen atoms in total. The number of hydrogen-bond donors (Lipinski definition) is 1. The van der Waals surface area contributed by atoms with Crippen molar-refractivity contribution in [3.63, 3.8) is 0 Å². The Morgan fingerprint density at radius 1 is 1.15 bits per heavy atom. The fourth-order valence-electron chi connectivity index (χ4n) is 3.87. The zero-order valence-corrected chi connectivity index (χ0v) is 16.0. The van der Waals surface area contributed by atoms with Crippen LogP contribution in [0.1, 0.15) is 39.9 Å². The monoisotopic (exact) mass is 353 g/mol. The highest BCUT2D eigenvalue weighted by atomic mass is 16.5. The summed E-state index contributed by atoms with van der Waals surface area (Å²) in [5, 5.41) is 3.43. The van der Waals surface area contributed by atoms with Gasteiger partial charge in [0, 0.05) is 23.9 Å². The van der Waals surface area contributed by atoms with E-state index in [1.165, 1.54) is 11.1 Å². The van der Waals surface area contributed by atoms with Gasteiger partial charge in [0.15, 0.2) is 17.3 Å². The molecular weight excluding hydrogens is 326 g/mol. The molecule has 138 valence electrons. The number of benzene rings is 2. The quantitative estimate of drug-likeness (QED) is 0.823. The van der Waals surface area contributed by atoms with E-state index in [1.807, 2.05) is 12.1 Å². The minimum Gasteiger partial charge on any atom is -0.493 e. The molecule has 0 heterocycles. The number of carbonyl (C=O) groups excluding carboxylic acids is 1. The van der Waals surface area contributed by atoms with Crippen molar-refractivity contribution in [1.82, 2.24) is 5.32 Å². The molecule has 2 unspecified atom stereocenters. The van der Waals surface area contributed by atoms with Crippen LogP contribution in [0.4, 0.5) is 0 Å². The predicted molar refractivity (Wildman–Crippen MR) is 104 cm³/mol. The average molecular weight is 353 g/mol. The van der Waals surface area contributed by atoms with E-state index in [0.29, 0.717) is 11.5 Å². The van der Waals surface area contributed by atoms with Crippen LogP contribution >= 0.6 is 0 Å². The molecule has 3 rings (SSSR count). The number of Topliss-reactive ketones (excluding diaryl/α,β-unsaturated/α-hetero) is 1. The van der Waals surface area contributed by atoms with E-state index >= 15 is 0 Å². The average Bonchev–Trinajstić information content (AvgIpc) is 2.97. The van der Waals surface area contributed by atoms with Crippen LogP contribution in [0.25, 0.3) is 0 Å². The second-order valence-corrected chi connectivity index (χ2v) is 6.87. The van der Waals surface area contributed by atoms with E-state index in [-0.39, 0.29) is 17.6 Å². The van der Waals surface area contributed by atoms with Gasteiger partial charge in [-0.1, -0.05) is 36.8 Å². The minimum atomic E-state index is -0.0670. The third-order valence-corrected chi connectivity index (χ3v) is 5.22. The van der Waals surface area contributed by atoms with E-state index in [0.717, 1.165) is 30.6 Å². The van der Waals surface area contributed by atoms with E-state index < -0.39 is 0 Å². The van der Waals surface area contributed by atoms with Crippen LogP contribution in [0, 0.1) is 12.8 Å². The Labute approximate surface area is 155 Å². The van der Waals surface area contributed by atoms with Crippen molar-refractivity contribution in [3.8, 4) is 11.5 Å². The molecule has 0 fully saturated rings. The van der Waals surface area contributed by atoms with Crippen LogP contribution in [-0.4, -0.2) is 33.1 Å². The van der Waals surface area contributed by atoms with Crippen molar-refractivity contribution >= 4 is 5.78 Å². The predicted octanol–water partition coefficient (Wildman–Crippen LogP) is 3.76. The second-order valence-electron chi connectivity index (χ2n) is 6.87. The van der Waals surface area contributed by atoms with Crippen LogP contribution in [0.3, 0.4) is 0 Å². The number of hydrogen-bond acceptors (Lipinski definition) is 4. The Kier molecular flexibility index (Phi) is 5.62. The van der Waals surface area contributed by atoms with Gasteiger partial charge in [-0.3, -0.25) is 4.79 Å². The molecule has 0 radical (unpaired) electrons. The number of ether oxygens (including phenoxy) is 2. The highest BCUT2D eigenvalue weighted by molar-refractivity contribution is 6.03. The lowest BCUT2D eigenvalue weighted by molar-refractivity contribution is 0.0917. The first kappa shape index (κ1) is 18.5. The number of ketones is 1. The summed E-state index contributed by atoms with van der Waals surface area (Å²) in [4.78, 5) is 13.2. The molecule has 0 amide bonds. The topological polar surface area (TPSA) is 47.6 Å². The maximum atomic E-state index is 13.2. The molecule has 0 aliphatic heterocycles. The minimum absolute atomic E-state index is 0.0670. The van der Waals surface area contributed by atoms with E-state index in [9.17, 15) is 4.79 Å². The molecule has 4 heteroatoms. The van der Waals surface area contributed by atoms with E-state index in [4.69, 9.17) is 9.47 Å². The summed E-state index contributed by atoms with van der Waals surface area (Å²) in [6, 6.07) is 12.3. The summed E-state index contributed by atoms with van der Waals surface area (Å²) in [6.45, 7) is 5.86. The number of fused-ring (bicyclic) bond motifs is 1. The Morgan fingerprint density at radius 3 is 2.54 bits per heavy atom. The highest BCUT2D eigenvalue weighted by Gasteiger charge is 2.37. The fraction of sp³-hybridized carbons (Fsp3) is 0.409. The van der Waals surface area contributed by atoms with Crippen molar-refractivity contribution in [2.45, 2.75) is 26.2 Å². The molecule has 2 atom stereocenters. The Morgan fingerprint density at radius 2 is 1.88 bits per heavy atom. The first-order valence-corrected chi connectivity index (χ1v) is 9.15. The molecule has 2 aromatic carbocycles. The van der Waals surface area contributed by atoms with E-state index in [1.54, 1.807) is 14.2 Å². The highest BCUT2D eigenvalue weighted by Crippen LogP contribution is 2.41. The first-order chi connectivity index (χ1) is 12.6. The van der Waals surface area contributed by atoms with Crippen LogP contribution in [0.2, 0.25) is 0 Å². The molecule has 0 bridgehead atoms. The maximum Gasteiger partial charge on any atom is 0.167 e. The van der Waals surface area contributed by atoms with E-state index in [2.05, 4.69) is 43.4 Å². The van der Waals surface area contributed by atoms with Crippen molar-refractivity contribution in [2.75, 3.05) is 27.3 Å². The van der Waals surface area contributed by atoms with Gasteiger partial charge >= 0.3 is 0 Å². The van der Waals surface area contributed by atoms with Crippen LogP contribution < -0.4 is 14.8 Å². The van der Waals surface area contributed by atoms with Gasteiger partial charge < -0.3 is 14.8 Å². The van der Waals surface area contributed by atoms with Gasteiger partial charge in [0.25, 0.3) is 0 Å². The Balaban J connectivity index is 1.96. The van der Waals surface area contributed by atoms with Gasteiger partial charge in [-0.15, -0.1) is 0 Å². The maximum absolute atomic E-state index is 13.2. The lowest BCUT2D eigenvalue weighted by Crippen LogP contribution is -2.29. The SMILES string of the molecule is CCNCC(c1cccc(C)c1)C1Cc2cc(OC)c(OC)cc2C1=O. The normalized spacial score (nSPS) is 17.1. The summed E-state index contributed by atoms with van der Waals surface area (Å²) in [5.41, 5.74) is 4.25. The van der Waals surface area contributed by atoms with Gasteiger partial charge in [0.1, 0.15) is 0 Å². The summed E-state index contributed by atoms with van der Waals surface area (Å²) in [5.74, 6) is 1.57. The van der Waals surface area contributed by atoms with Crippen molar-refractivity contribution in [2.24, 2.45) is 5.92 Å². The van der Waals surface area contributed by atoms with Crippen LogP contribution in [0.5, 0.6) is 11.5 Å². The zero-order chi connectivity index (χ0) is 18.7. The summed E-state index contributed by atoms with van der Waals surface area (Å²) in [6.07, 6.45) is 0.735. The van der Waals surface area contributed by atoms with Crippen molar-refractivity contribution < 1.29 is 14.3 Å². The largest absolute Gasteiger partial charge is 0.493 e. The molecule has 0 aromatic heterocycles. The van der Waals surface area contributed by atoms with Gasteiger partial charge in [-0.2, -0.15) is 0 Å². The van der Waals surface area contributed by atoms with Crippen molar-refractivity contribution in [3.05, 3.63) is 58.7 Å². The molecule has 1 aliphatic carbocycles. The molecular formula is C22H27NO3. The van der Waals surface area contributed by atoms with Crippen molar-refractivity contribution in [1.29, 1.82) is 0 Å². The lowest BCUT2D eigenvalue weighted by Gasteiger charge is -2.23. The third-order valence-electron chi connectivity index (χ3n) is 5.22. The number of aryl methyl sites for hydroxylation is 1. The second kappa shape index (κ2) is 7.92. The Hall–Kier alpha value is -2.33. The van der Waals surface area contributed by atoms with Gasteiger partial charge in [-0.05, 0) is 43.1 Å². The number of nitrogens with one attached hydrogen (secondary N) is 1. The smallest absolute Gasteiger partial charge is 0.167 e. The summed E-state index contributed by atoms with van der Waals surface area (Å²) in [7, 11) is 3.22. The number of rotatable bonds is 7. The molecule has 26 heavy (non-hydrogen) atoms. The molecule has 1 aliphatic rings. The zero-order valence-electron chi connectivity index (χ0n) is 16.0. The third kappa shape index (κ3) is 3.47. The molecule has 1 N–H and O–H groups in total. The van der Waals surface area contributed by atoms with Gasteiger partial charge in [0.05, 0.1) is 14.2 Å². The van der Waals surface area contributed by atoms with Crippen LogP contribution in [-0.2, 0) is 6.42 Å². The number of methoxy groups -OCH3 is 2. The van der Waals surface area contributed by atoms with Gasteiger partial charge in [-0.25, -0.2) is 0 Å². The molecule has 2 aromatic rings. The summed E-state index contributed by atoms with van der Waals surface area (Å²) < 4.78 is 10.8. The first-order valence-electron chi connectivity index (χ1n) is 9.15. The number of likely N-dealkylation sites (N-methyl/N-ethyl adjacent to an activating group) is 1. The van der Waals surface area contributed by atoms with Gasteiger partial charge in [0.2, 0.25) is 0 Å². The number of carbonyl (C=O) groups is 1. The van der Waals surface area contributed by atoms with Crippen LogP contribution in [0.15, 0.2) is 36.4 Å². The molecule has 0 spiro atoms. The Bertz CT molecular complexity index is 800.